The lowest BCUT2D eigenvalue weighted by Gasteiger charge is -2.14. The second kappa shape index (κ2) is 9.11. The molecule has 0 aliphatic heterocycles. The highest BCUT2D eigenvalue weighted by Crippen LogP contribution is 2.43. The van der Waals surface area contributed by atoms with Crippen molar-refractivity contribution in [2.24, 2.45) is 0 Å². The molecule has 0 aliphatic carbocycles. The van der Waals surface area contributed by atoms with Crippen LogP contribution < -0.4 is 4.18 Å². The zero-order chi connectivity index (χ0) is 28.4. The van der Waals surface area contributed by atoms with Gasteiger partial charge in [0.1, 0.15) is 0 Å². The van der Waals surface area contributed by atoms with E-state index in [-0.39, 0.29) is 11.1 Å². The first-order valence-corrected chi connectivity index (χ1v) is 14.2. The maximum atomic E-state index is 13.3. The number of rotatable bonds is 4. The van der Waals surface area contributed by atoms with Crippen molar-refractivity contribution in [1.82, 2.24) is 4.57 Å². The van der Waals surface area contributed by atoms with Crippen LogP contribution in [0.2, 0.25) is 0 Å². The van der Waals surface area contributed by atoms with E-state index in [2.05, 4.69) is 30.3 Å². The smallest absolute Gasteiger partial charge is 0.375 e. The molecule has 0 unspecified atom stereocenters. The number of fused-ring (bicyclic) bond motifs is 6. The normalized spacial score (nSPS) is 12.5. The number of nitrogens with zero attached hydrogens (tertiary/aromatic N) is 1. The maximum Gasteiger partial charge on any atom is 0.534 e. The molecule has 0 N–H and O–H groups in total. The minimum Gasteiger partial charge on any atom is -0.375 e. The molecule has 0 aliphatic rings. The zero-order valence-electron chi connectivity index (χ0n) is 21.3. The van der Waals surface area contributed by atoms with Crippen LogP contribution in [-0.4, -0.2) is 18.5 Å². The van der Waals surface area contributed by atoms with Gasteiger partial charge in [-0.25, -0.2) is 0 Å². The highest BCUT2D eigenvalue weighted by molar-refractivity contribution is 7.88. The van der Waals surface area contributed by atoms with Crippen LogP contribution in [-0.2, 0) is 10.1 Å². The molecule has 1 heterocycles. The molecule has 41 heavy (non-hydrogen) atoms. The van der Waals surface area contributed by atoms with Gasteiger partial charge in [0.2, 0.25) is 0 Å². The van der Waals surface area contributed by atoms with Gasteiger partial charge in [-0.15, -0.1) is 0 Å². The molecule has 0 amide bonds. The first-order valence-electron chi connectivity index (χ1n) is 12.8. The van der Waals surface area contributed by atoms with Gasteiger partial charge in [-0.2, -0.15) is 21.6 Å². The summed E-state index contributed by atoms with van der Waals surface area (Å²) in [6, 6.07) is 37.8. The first-order chi connectivity index (χ1) is 19.7. The summed E-state index contributed by atoms with van der Waals surface area (Å²) in [5.74, 6) is -0.389. The minimum absolute atomic E-state index is 0.262. The lowest BCUT2D eigenvalue weighted by molar-refractivity contribution is -0.0499. The predicted octanol–water partition coefficient (Wildman–Crippen LogP) is 8.99. The van der Waals surface area contributed by atoms with Gasteiger partial charge in [-0.1, -0.05) is 97.1 Å². The summed E-state index contributed by atoms with van der Waals surface area (Å²) in [7, 11) is -5.89. The van der Waals surface area contributed by atoms with E-state index in [1.165, 1.54) is 6.07 Å². The Labute approximate surface area is 233 Å². The van der Waals surface area contributed by atoms with Gasteiger partial charge >= 0.3 is 15.6 Å². The van der Waals surface area contributed by atoms with Crippen LogP contribution in [0.4, 0.5) is 13.2 Å². The monoisotopic (exact) mass is 567 g/mol. The fraction of sp³-hybridized carbons (Fsp3) is 0.0303. The summed E-state index contributed by atoms with van der Waals surface area (Å²) in [5, 5.41) is 4.69. The molecule has 0 saturated carbocycles. The van der Waals surface area contributed by atoms with Gasteiger partial charge in [0, 0.05) is 27.9 Å². The molecule has 0 radical (unpaired) electrons. The number of hydrogen-bond acceptors (Lipinski definition) is 3. The minimum atomic E-state index is -5.89. The summed E-state index contributed by atoms with van der Waals surface area (Å²) in [6.07, 6.45) is 0. The van der Waals surface area contributed by atoms with Crippen molar-refractivity contribution in [3.8, 4) is 22.6 Å². The lowest BCUT2D eigenvalue weighted by atomic mass is 9.97. The molecule has 6 aromatic carbocycles. The van der Waals surface area contributed by atoms with E-state index in [1.807, 2.05) is 65.2 Å². The fourth-order valence-corrected chi connectivity index (χ4v) is 6.05. The average Bonchev–Trinajstić information content (AvgIpc) is 3.30. The van der Waals surface area contributed by atoms with E-state index in [0.29, 0.717) is 10.9 Å². The van der Waals surface area contributed by atoms with Crippen molar-refractivity contribution in [2.45, 2.75) is 5.51 Å². The highest BCUT2D eigenvalue weighted by atomic mass is 32.2. The number of alkyl halides is 3. The molecule has 202 valence electrons. The maximum absolute atomic E-state index is 13.3. The highest BCUT2D eigenvalue weighted by Gasteiger charge is 2.48. The first kappa shape index (κ1) is 25.2. The van der Waals surface area contributed by atoms with Crippen LogP contribution in [0.15, 0.2) is 121 Å². The predicted molar refractivity (Wildman–Crippen MR) is 157 cm³/mol. The Morgan fingerprint density at radius 3 is 2.02 bits per heavy atom. The van der Waals surface area contributed by atoms with Gasteiger partial charge < -0.3 is 8.75 Å². The third-order valence-electron chi connectivity index (χ3n) is 7.33. The van der Waals surface area contributed by atoms with Gasteiger partial charge in [-0.3, -0.25) is 0 Å². The third-order valence-corrected chi connectivity index (χ3v) is 8.30. The van der Waals surface area contributed by atoms with E-state index >= 15 is 0 Å². The molecule has 7 rings (SSSR count). The standard InChI is InChI=1S/C33H20F3NO3S/c34-33(35,36)41(38,39)40-31-20-30-32(27-15-7-6-14-26(27)31)28-18-17-22(19-29(28)37(30)23-11-2-1-3-12-23)25-16-8-10-21-9-4-5-13-24(21)25/h1-20H. The number of aromatic nitrogens is 1. The molecule has 0 spiro atoms. The Bertz CT molecular complexity index is 2230. The van der Waals surface area contributed by atoms with Crippen molar-refractivity contribution >= 4 is 53.5 Å². The fourth-order valence-electron chi connectivity index (χ4n) is 5.58. The molecule has 0 saturated heterocycles. The van der Waals surface area contributed by atoms with Crippen LogP contribution in [0, 0.1) is 0 Å². The number of halogens is 3. The van der Waals surface area contributed by atoms with Gasteiger partial charge in [0.25, 0.3) is 0 Å². The third kappa shape index (κ3) is 4.02. The van der Waals surface area contributed by atoms with E-state index in [1.54, 1.807) is 24.3 Å². The molecule has 1 aromatic heterocycles. The van der Waals surface area contributed by atoms with Crippen molar-refractivity contribution < 1.29 is 25.8 Å². The molecule has 7 aromatic rings. The Morgan fingerprint density at radius 2 is 1.27 bits per heavy atom. The van der Waals surface area contributed by atoms with Gasteiger partial charge in [0.15, 0.2) is 5.75 Å². The number of hydrogen-bond donors (Lipinski definition) is 0. The molecule has 0 fully saturated rings. The Balaban J connectivity index is 1.59. The molecular weight excluding hydrogens is 547 g/mol. The average molecular weight is 568 g/mol. The van der Waals surface area contributed by atoms with E-state index < -0.39 is 15.6 Å². The summed E-state index contributed by atoms with van der Waals surface area (Å²) < 4.78 is 70.9. The van der Waals surface area contributed by atoms with E-state index in [4.69, 9.17) is 4.18 Å². The number of para-hydroxylation sites is 1. The second-order valence-corrected chi connectivity index (χ2v) is 11.3. The topological polar surface area (TPSA) is 48.3 Å². The molecule has 0 bridgehead atoms. The van der Waals surface area contributed by atoms with E-state index in [9.17, 15) is 21.6 Å². The largest absolute Gasteiger partial charge is 0.534 e. The quantitative estimate of drug-likeness (QED) is 0.158. The van der Waals surface area contributed by atoms with Crippen LogP contribution in [0.5, 0.6) is 5.75 Å². The second-order valence-electron chi connectivity index (χ2n) is 9.73. The van der Waals surface area contributed by atoms with E-state index in [0.717, 1.165) is 43.9 Å². The summed E-state index contributed by atoms with van der Waals surface area (Å²) in [5.41, 5.74) is -1.45. The molecule has 8 heteroatoms. The molecule has 0 atom stereocenters. The van der Waals surface area contributed by atoms with Crippen molar-refractivity contribution in [3.05, 3.63) is 121 Å². The SMILES string of the molecule is O=S(=O)(Oc1cc2c(c3ccccc13)c1ccc(-c3cccc4ccccc34)cc1n2-c1ccccc1)C(F)(F)F. The van der Waals surface area contributed by atoms with Crippen molar-refractivity contribution in [3.63, 3.8) is 0 Å². The van der Waals surface area contributed by atoms with Gasteiger partial charge in [0.05, 0.1) is 11.0 Å². The Kier molecular flexibility index (Phi) is 5.59. The summed E-state index contributed by atoms with van der Waals surface area (Å²) >= 11 is 0. The summed E-state index contributed by atoms with van der Waals surface area (Å²) in [4.78, 5) is 0. The number of benzene rings is 6. The van der Waals surface area contributed by atoms with Gasteiger partial charge in [-0.05, 0) is 45.5 Å². The van der Waals surface area contributed by atoms with Crippen LogP contribution >= 0.6 is 0 Å². The van der Waals surface area contributed by atoms with Crippen LogP contribution in [0.25, 0.3) is 60.2 Å². The molecular formula is C33H20F3NO3S. The van der Waals surface area contributed by atoms with Crippen LogP contribution in [0.1, 0.15) is 0 Å². The summed E-state index contributed by atoms with van der Waals surface area (Å²) in [6.45, 7) is 0. The Hall–Kier alpha value is -4.82. The lowest BCUT2D eigenvalue weighted by Crippen LogP contribution is -2.28. The van der Waals surface area contributed by atoms with Crippen molar-refractivity contribution in [2.75, 3.05) is 0 Å². The van der Waals surface area contributed by atoms with Crippen molar-refractivity contribution in [1.29, 1.82) is 0 Å². The van der Waals surface area contributed by atoms with Crippen LogP contribution in [0.3, 0.4) is 0 Å². The molecule has 4 nitrogen and oxygen atoms in total. The zero-order valence-corrected chi connectivity index (χ0v) is 22.1. The Morgan fingerprint density at radius 1 is 0.610 bits per heavy atom.